The summed E-state index contributed by atoms with van der Waals surface area (Å²) in [7, 11) is 0. The summed E-state index contributed by atoms with van der Waals surface area (Å²) in [6, 6.07) is 14.5. The Morgan fingerprint density at radius 2 is 1.86 bits per heavy atom. The number of aliphatic hydroxyl groups excluding tert-OH is 1. The van der Waals surface area contributed by atoms with Crippen molar-refractivity contribution in [1.82, 2.24) is 0 Å². The van der Waals surface area contributed by atoms with E-state index in [0.717, 1.165) is 3.57 Å². The van der Waals surface area contributed by atoms with Crippen LogP contribution in [-0.2, 0) is 19.9 Å². The normalized spacial score (nSPS) is 19.5. The summed E-state index contributed by atoms with van der Waals surface area (Å²) in [4.78, 5) is 27.9. The molecule has 2 N–H and O–H groups in total. The number of halogens is 1. The fourth-order valence-corrected chi connectivity index (χ4v) is 4.09. The summed E-state index contributed by atoms with van der Waals surface area (Å²) < 4.78 is 5.93. The Bertz CT molecular complexity index is 901. The van der Waals surface area contributed by atoms with Gasteiger partial charge < -0.3 is 20.1 Å². The van der Waals surface area contributed by atoms with Crippen LogP contribution in [0.15, 0.2) is 48.5 Å². The van der Waals surface area contributed by atoms with Gasteiger partial charge in [0.25, 0.3) is 5.91 Å². The molecule has 1 heterocycles. The number of benzene rings is 2. The van der Waals surface area contributed by atoms with Crippen LogP contribution in [0.1, 0.15) is 26.3 Å². The van der Waals surface area contributed by atoms with Crippen LogP contribution in [0, 0.1) is 3.57 Å². The Labute approximate surface area is 178 Å². The molecule has 28 heavy (non-hydrogen) atoms. The first-order valence-electron chi connectivity index (χ1n) is 9.15. The average Bonchev–Trinajstić information content (AvgIpc) is 2.92. The number of aliphatic hydroxyl groups is 1. The Balaban J connectivity index is 2.23. The molecule has 2 unspecified atom stereocenters. The lowest BCUT2D eigenvalue weighted by molar-refractivity contribution is -0.159. The lowest BCUT2D eigenvalue weighted by Crippen LogP contribution is -2.58. The van der Waals surface area contributed by atoms with Crippen LogP contribution in [0.4, 0.5) is 11.4 Å². The van der Waals surface area contributed by atoms with E-state index in [4.69, 9.17) is 4.74 Å². The fourth-order valence-electron chi connectivity index (χ4n) is 3.57. The minimum atomic E-state index is -1.71. The van der Waals surface area contributed by atoms with E-state index in [-0.39, 0.29) is 18.6 Å². The Hall–Kier alpha value is -2.13. The maximum absolute atomic E-state index is 13.7. The van der Waals surface area contributed by atoms with Gasteiger partial charge in [0.05, 0.1) is 12.3 Å². The van der Waals surface area contributed by atoms with Gasteiger partial charge in [0.15, 0.2) is 11.6 Å². The fraction of sp³-hybridized carbons (Fsp3) is 0.333. The number of rotatable bonds is 6. The van der Waals surface area contributed by atoms with Crippen molar-refractivity contribution in [3.63, 3.8) is 0 Å². The highest BCUT2D eigenvalue weighted by atomic mass is 127. The molecule has 1 aliphatic rings. The smallest absolute Gasteiger partial charge is 0.338 e. The zero-order valence-electron chi connectivity index (χ0n) is 16.0. The number of amides is 1. The topological polar surface area (TPSA) is 78.9 Å². The van der Waals surface area contributed by atoms with Crippen molar-refractivity contribution in [2.75, 3.05) is 16.8 Å². The molecule has 0 spiro atoms. The highest BCUT2D eigenvalue weighted by Gasteiger charge is 2.59. The molecule has 2 aromatic carbocycles. The summed E-state index contributed by atoms with van der Waals surface area (Å²) in [5, 5.41) is 14.3. The average molecular weight is 494 g/mol. The van der Waals surface area contributed by atoms with Crippen LogP contribution in [0.5, 0.6) is 0 Å². The van der Waals surface area contributed by atoms with Gasteiger partial charge in [0.1, 0.15) is 0 Å². The van der Waals surface area contributed by atoms with Gasteiger partial charge in [0.2, 0.25) is 0 Å². The predicted octanol–water partition coefficient (Wildman–Crippen LogP) is 3.28. The lowest BCUT2D eigenvalue weighted by Gasteiger charge is -2.35. The van der Waals surface area contributed by atoms with Gasteiger partial charge in [-0.05, 0) is 61.6 Å². The molecule has 0 radical (unpaired) electrons. The molecule has 7 heteroatoms. The summed E-state index contributed by atoms with van der Waals surface area (Å²) in [6.45, 7) is 5.57. The standard InChI is InChI=1S/C21H23IN2O4/c1-4-28-19(26)18(25)21(23-16-11-7-6-10-15(16)22)14-9-5-8-12-17(14)24(13(2)3)20(21)27/h5-13,18,23,25H,4H2,1-3H3. The molecule has 1 amide bonds. The minimum Gasteiger partial charge on any atom is -0.464 e. The molecule has 2 atom stereocenters. The van der Waals surface area contributed by atoms with Gasteiger partial charge in [0, 0.05) is 20.9 Å². The van der Waals surface area contributed by atoms with E-state index < -0.39 is 17.6 Å². The van der Waals surface area contributed by atoms with E-state index >= 15 is 0 Å². The molecule has 6 nitrogen and oxygen atoms in total. The monoisotopic (exact) mass is 494 g/mol. The number of nitrogens with zero attached hydrogens (tertiary/aromatic N) is 1. The largest absolute Gasteiger partial charge is 0.464 e. The zero-order chi connectivity index (χ0) is 20.5. The first-order valence-corrected chi connectivity index (χ1v) is 10.2. The number of fused-ring (bicyclic) bond motifs is 1. The van der Waals surface area contributed by atoms with Crippen LogP contribution in [0.2, 0.25) is 0 Å². The van der Waals surface area contributed by atoms with Crippen LogP contribution in [-0.4, -0.2) is 35.7 Å². The van der Waals surface area contributed by atoms with Crippen LogP contribution < -0.4 is 10.2 Å². The lowest BCUT2D eigenvalue weighted by atomic mass is 9.84. The highest BCUT2D eigenvalue weighted by molar-refractivity contribution is 14.1. The van der Waals surface area contributed by atoms with Crippen LogP contribution in [0.25, 0.3) is 0 Å². The van der Waals surface area contributed by atoms with Gasteiger partial charge in [-0.2, -0.15) is 0 Å². The SMILES string of the molecule is CCOC(=O)C(O)C1(Nc2ccccc2I)C(=O)N(C(C)C)c2ccccc21. The van der Waals surface area contributed by atoms with Gasteiger partial charge in [-0.1, -0.05) is 30.3 Å². The van der Waals surface area contributed by atoms with Gasteiger partial charge >= 0.3 is 5.97 Å². The number of hydrogen-bond acceptors (Lipinski definition) is 5. The molecule has 2 aromatic rings. The molecule has 0 bridgehead atoms. The third-order valence-electron chi connectivity index (χ3n) is 4.79. The quantitative estimate of drug-likeness (QED) is 0.476. The first kappa shape index (κ1) is 20.6. The second kappa shape index (κ2) is 8.08. The number of carbonyl (C=O) groups excluding carboxylic acids is 2. The number of nitrogens with one attached hydrogen (secondary N) is 1. The molecule has 148 valence electrons. The summed E-state index contributed by atoms with van der Waals surface area (Å²) in [5.41, 5.74) is 0.201. The van der Waals surface area contributed by atoms with E-state index in [1.54, 1.807) is 24.0 Å². The van der Waals surface area contributed by atoms with Crippen molar-refractivity contribution >= 4 is 45.8 Å². The third-order valence-corrected chi connectivity index (χ3v) is 5.73. The van der Waals surface area contributed by atoms with Crippen molar-refractivity contribution < 1.29 is 19.4 Å². The summed E-state index contributed by atoms with van der Waals surface area (Å²) >= 11 is 2.15. The molecule has 0 aromatic heterocycles. The third kappa shape index (κ3) is 3.26. The number of carbonyl (C=O) groups is 2. The van der Waals surface area contributed by atoms with E-state index in [1.165, 1.54) is 0 Å². The van der Waals surface area contributed by atoms with E-state index in [2.05, 4.69) is 27.9 Å². The van der Waals surface area contributed by atoms with Gasteiger partial charge in [-0.3, -0.25) is 4.79 Å². The number of anilines is 2. The van der Waals surface area contributed by atoms with Crippen LogP contribution in [0.3, 0.4) is 0 Å². The van der Waals surface area contributed by atoms with Crippen molar-refractivity contribution in [2.45, 2.75) is 38.5 Å². The Kier molecular flexibility index (Phi) is 5.95. The van der Waals surface area contributed by atoms with E-state index in [9.17, 15) is 14.7 Å². The van der Waals surface area contributed by atoms with Crippen LogP contribution >= 0.6 is 22.6 Å². The molecular formula is C21H23IN2O4. The number of esters is 1. The molecule has 3 rings (SSSR count). The number of hydrogen-bond donors (Lipinski definition) is 2. The maximum Gasteiger partial charge on any atom is 0.338 e. The Morgan fingerprint density at radius 1 is 1.21 bits per heavy atom. The van der Waals surface area contributed by atoms with Crippen molar-refractivity contribution in [3.05, 3.63) is 57.7 Å². The maximum atomic E-state index is 13.7. The van der Waals surface area contributed by atoms with Crippen molar-refractivity contribution in [2.24, 2.45) is 0 Å². The summed E-state index contributed by atoms with van der Waals surface area (Å²) in [6.07, 6.45) is -1.71. The van der Waals surface area contributed by atoms with E-state index in [1.807, 2.05) is 50.2 Å². The first-order chi connectivity index (χ1) is 13.3. The Morgan fingerprint density at radius 3 is 2.50 bits per heavy atom. The van der Waals surface area contributed by atoms with Crippen molar-refractivity contribution in [1.29, 1.82) is 0 Å². The number of para-hydroxylation sites is 2. The molecule has 1 aliphatic heterocycles. The molecule has 0 fully saturated rings. The molecule has 0 aliphatic carbocycles. The molecular weight excluding hydrogens is 471 g/mol. The second-order valence-corrected chi connectivity index (χ2v) is 8.02. The minimum absolute atomic E-state index is 0.110. The van der Waals surface area contributed by atoms with Gasteiger partial charge in [-0.25, -0.2) is 4.79 Å². The predicted molar refractivity (Wildman–Crippen MR) is 116 cm³/mol. The molecule has 0 saturated heterocycles. The number of ether oxygens (including phenoxy) is 1. The second-order valence-electron chi connectivity index (χ2n) is 6.85. The van der Waals surface area contributed by atoms with Gasteiger partial charge in [-0.15, -0.1) is 0 Å². The van der Waals surface area contributed by atoms with Crippen molar-refractivity contribution in [3.8, 4) is 0 Å². The highest BCUT2D eigenvalue weighted by Crippen LogP contribution is 2.46. The molecule has 0 saturated carbocycles. The summed E-state index contributed by atoms with van der Waals surface area (Å²) in [5.74, 6) is -1.22. The zero-order valence-corrected chi connectivity index (χ0v) is 18.1. The van der Waals surface area contributed by atoms with E-state index in [0.29, 0.717) is 16.9 Å².